The van der Waals surface area contributed by atoms with Crippen molar-refractivity contribution in [2.75, 3.05) is 0 Å². The van der Waals surface area contributed by atoms with Crippen molar-refractivity contribution in [1.29, 1.82) is 0 Å². The third-order valence-electron chi connectivity index (χ3n) is 2.59. The van der Waals surface area contributed by atoms with Gasteiger partial charge in [0, 0.05) is 0 Å². The second-order valence-electron chi connectivity index (χ2n) is 4.23. The number of aromatic nitrogens is 1. The highest BCUT2D eigenvalue weighted by molar-refractivity contribution is 5.93. The topological polar surface area (TPSA) is 77.8 Å². The molecule has 0 spiro atoms. The Kier molecular flexibility index (Phi) is 4.08. The van der Waals surface area contributed by atoms with E-state index in [1.165, 1.54) is 12.1 Å². The van der Waals surface area contributed by atoms with Crippen molar-refractivity contribution in [2.24, 2.45) is 0 Å². The third kappa shape index (κ3) is 3.21. The number of nitrogens with zero attached hydrogens (tertiary/aromatic N) is 1. The number of carbonyl (C=O) groups excluding carboxylic acids is 2. The smallest absolute Gasteiger partial charge is 0.490 e. The van der Waals surface area contributed by atoms with E-state index >= 15 is 0 Å². The van der Waals surface area contributed by atoms with Crippen LogP contribution in [0.3, 0.4) is 0 Å². The van der Waals surface area contributed by atoms with Gasteiger partial charge in [-0.3, -0.25) is 0 Å². The minimum atomic E-state index is -5.43. The summed E-state index contributed by atoms with van der Waals surface area (Å²) < 4.78 is 77.3. The molecule has 1 heterocycles. The molecule has 0 saturated carbocycles. The standard InChI is InChI=1S/C12H5F6NO5/c13-11(14,15)9(21)23-7-5-3-1-2-4-6(5)19(8(7)20)24-10(22)12(16,17)18/h1-4,20H. The average molecular weight is 357 g/mol. The molecule has 130 valence electrons. The highest BCUT2D eigenvalue weighted by atomic mass is 19.4. The number of halogens is 6. The summed E-state index contributed by atoms with van der Waals surface area (Å²) in [6.07, 6.45) is -10.8. The number of alkyl halides is 6. The number of hydrogen-bond donors (Lipinski definition) is 1. The Morgan fingerprint density at radius 2 is 1.50 bits per heavy atom. The molecule has 0 radical (unpaired) electrons. The molecular formula is C12H5F6NO5. The van der Waals surface area contributed by atoms with Gasteiger partial charge in [0.2, 0.25) is 5.75 Å². The molecule has 0 saturated heterocycles. The largest absolute Gasteiger partial charge is 0.493 e. The molecule has 1 aromatic heterocycles. The lowest BCUT2D eigenvalue weighted by molar-refractivity contribution is -0.199. The van der Waals surface area contributed by atoms with E-state index in [4.69, 9.17) is 0 Å². The minimum absolute atomic E-state index is 0.0931. The normalized spacial score (nSPS) is 12.2. The van der Waals surface area contributed by atoms with Gasteiger partial charge in [-0.2, -0.15) is 26.3 Å². The molecule has 0 atom stereocenters. The first kappa shape index (κ1) is 17.4. The second kappa shape index (κ2) is 5.62. The lowest BCUT2D eigenvalue weighted by atomic mass is 10.2. The lowest BCUT2D eigenvalue weighted by Gasteiger charge is -2.09. The van der Waals surface area contributed by atoms with Crippen LogP contribution < -0.4 is 9.57 Å². The third-order valence-corrected chi connectivity index (χ3v) is 2.59. The summed E-state index contributed by atoms with van der Waals surface area (Å²) in [6, 6.07) is 4.52. The molecule has 0 unspecified atom stereocenters. The quantitative estimate of drug-likeness (QED) is 0.659. The molecule has 1 aromatic carbocycles. The summed E-state index contributed by atoms with van der Waals surface area (Å²) in [5, 5.41) is 9.33. The van der Waals surface area contributed by atoms with E-state index in [-0.39, 0.29) is 10.1 Å². The first-order chi connectivity index (χ1) is 10.9. The maximum atomic E-state index is 12.2. The van der Waals surface area contributed by atoms with Crippen molar-refractivity contribution < 1.29 is 50.6 Å². The van der Waals surface area contributed by atoms with Crippen molar-refractivity contribution in [3.8, 4) is 11.6 Å². The first-order valence-electron chi connectivity index (χ1n) is 5.84. The second-order valence-corrected chi connectivity index (χ2v) is 4.23. The van der Waals surface area contributed by atoms with Crippen molar-refractivity contribution in [2.45, 2.75) is 12.4 Å². The predicted molar refractivity (Wildman–Crippen MR) is 62.9 cm³/mol. The Balaban J connectivity index is 2.53. The summed E-state index contributed by atoms with van der Waals surface area (Å²) in [7, 11) is 0. The highest BCUT2D eigenvalue weighted by Gasteiger charge is 2.44. The Labute approximate surface area is 127 Å². The zero-order chi connectivity index (χ0) is 18.3. The number of para-hydroxylation sites is 1. The van der Waals surface area contributed by atoms with Crippen molar-refractivity contribution >= 4 is 22.8 Å². The van der Waals surface area contributed by atoms with Gasteiger partial charge in [0.05, 0.1) is 10.9 Å². The Bertz CT molecular complexity index is 742. The number of rotatable bonds is 2. The maximum Gasteiger partial charge on any atom is 0.493 e. The number of aromatic hydroxyl groups is 1. The van der Waals surface area contributed by atoms with Crippen LogP contribution >= 0.6 is 0 Å². The van der Waals surface area contributed by atoms with Crippen LogP contribution in [0, 0.1) is 0 Å². The fourth-order valence-electron chi connectivity index (χ4n) is 1.65. The summed E-state index contributed by atoms with van der Waals surface area (Å²) >= 11 is 0. The molecular weight excluding hydrogens is 352 g/mol. The van der Waals surface area contributed by atoms with Crippen molar-refractivity contribution in [1.82, 2.24) is 4.73 Å². The summed E-state index contributed by atoms with van der Waals surface area (Å²) in [5.41, 5.74) is -0.433. The molecule has 0 bridgehead atoms. The van der Waals surface area contributed by atoms with Gasteiger partial charge in [0.25, 0.3) is 5.88 Å². The van der Waals surface area contributed by atoms with Crippen LogP contribution in [0.5, 0.6) is 11.6 Å². The Hall–Kier alpha value is -2.92. The number of fused-ring (bicyclic) bond motifs is 1. The molecule has 6 nitrogen and oxygen atoms in total. The summed E-state index contributed by atoms with van der Waals surface area (Å²) in [4.78, 5) is 25.6. The van der Waals surface area contributed by atoms with Gasteiger partial charge in [0.15, 0.2) is 0 Å². The number of carbonyl (C=O) groups is 2. The van der Waals surface area contributed by atoms with E-state index in [0.29, 0.717) is 0 Å². The summed E-state index contributed by atoms with van der Waals surface area (Å²) in [6.45, 7) is 0. The first-order valence-corrected chi connectivity index (χ1v) is 5.84. The zero-order valence-electron chi connectivity index (χ0n) is 11.1. The van der Waals surface area contributed by atoms with Crippen LogP contribution in [0.1, 0.15) is 0 Å². The van der Waals surface area contributed by atoms with E-state index < -0.39 is 41.4 Å². The van der Waals surface area contributed by atoms with Gasteiger partial charge in [-0.05, 0) is 12.1 Å². The van der Waals surface area contributed by atoms with Gasteiger partial charge in [-0.25, -0.2) is 9.59 Å². The van der Waals surface area contributed by atoms with E-state index in [2.05, 4.69) is 9.57 Å². The molecule has 1 N–H and O–H groups in total. The van der Waals surface area contributed by atoms with Crippen molar-refractivity contribution in [3.05, 3.63) is 24.3 Å². The van der Waals surface area contributed by atoms with Gasteiger partial charge in [-0.15, -0.1) is 4.73 Å². The van der Waals surface area contributed by atoms with Crippen LogP contribution in [0.4, 0.5) is 26.3 Å². The van der Waals surface area contributed by atoms with Gasteiger partial charge in [-0.1, -0.05) is 12.1 Å². The average Bonchev–Trinajstić information content (AvgIpc) is 2.71. The van der Waals surface area contributed by atoms with Gasteiger partial charge >= 0.3 is 24.3 Å². The number of hydrogen-bond acceptors (Lipinski definition) is 5. The predicted octanol–water partition coefficient (Wildman–Crippen LogP) is 2.33. The zero-order valence-corrected chi connectivity index (χ0v) is 11.1. The van der Waals surface area contributed by atoms with Crippen LogP contribution in [-0.2, 0) is 9.59 Å². The SMILES string of the molecule is O=C(Oc1c(O)n(OC(=O)C(F)(F)F)c2ccccc12)C(F)(F)F. The Morgan fingerprint density at radius 3 is 2.04 bits per heavy atom. The monoisotopic (exact) mass is 357 g/mol. The fourth-order valence-corrected chi connectivity index (χ4v) is 1.65. The molecule has 12 heteroatoms. The van der Waals surface area contributed by atoms with Crippen LogP contribution in [-0.4, -0.2) is 34.1 Å². The van der Waals surface area contributed by atoms with Gasteiger partial charge in [0.1, 0.15) is 0 Å². The number of benzene rings is 1. The van der Waals surface area contributed by atoms with E-state index in [1.54, 1.807) is 0 Å². The van der Waals surface area contributed by atoms with Crippen LogP contribution in [0.2, 0.25) is 0 Å². The lowest BCUT2D eigenvalue weighted by Crippen LogP contribution is -2.33. The number of esters is 1. The number of ether oxygens (including phenoxy) is 1. The minimum Gasteiger partial charge on any atom is -0.490 e. The molecule has 2 rings (SSSR count). The van der Waals surface area contributed by atoms with Gasteiger partial charge < -0.3 is 14.7 Å². The fraction of sp³-hybridized carbons (Fsp3) is 0.167. The van der Waals surface area contributed by atoms with E-state index in [9.17, 15) is 41.0 Å². The molecule has 0 fully saturated rings. The van der Waals surface area contributed by atoms with E-state index in [1.807, 2.05) is 0 Å². The van der Waals surface area contributed by atoms with Crippen molar-refractivity contribution in [3.63, 3.8) is 0 Å². The van der Waals surface area contributed by atoms with Crippen LogP contribution in [0.15, 0.2) is 24.3 Å². The highest BCUT2D eigenvalue weighted by Crippen LogP contribution is 2.39. The Morgan fingerprint density at radius 1 is 0.958 bits per heavy atom. The molecule has 0 aliphatic carbocycles. The van der Waals surface area contributed by atoms with E-state index in [0.717, 1.165) is 12.1 Å². The molecule has 0 aliphatic heterocycles. The summed E-state index contributed by atoms with van der Waals surface area (Å²) in [5.74, 6) is -8.00. The molecule has 0 amide bonds. The molecule has 0 aliphatic rings. The maximum absolute atomic E-state index is 12.2. The van der Waals surface area contributed by atoms with Crippen LogP contribution in [0.25, 0.3) is 10.9 Å². The molecule has 2 aromatic rings. The molecule has 24 heavy (non-hydrogen) atoms.